The molecule has 0 radical (unpaired) electrons. The molecule has 16 rings (SSSR count). The molecule has 0 amide bonds. The standard InChI is InChI=1S/C68H36N4O2S/c1-70-60-57(40-20-7-3-8-21-40)52(38-69)61(71-53-28-17-27-42(39-18-5-2-6-19-39)59(53)51-37-36-50-45-26-13-16-31-56(45)75-68(50)64(51)71)58(41-22-9-4-10-23-41)65(60)72-62-46(32-34-48-43-24-11-14-29-54(43)73-66(48)62)47-33-35-49-44-25-12-15-30-55(44)74-67(49)63(47)72/h2-37H. The maximum atomic E-state index is 12.3. The lowest BCUT2D eigenvalue weighted by atomic mass is 9.88. The van der Waals surface area contributed by atoms with E-state index in [0.717, 1.165) is 114 Å². The summed E-state index contributed by atoms with van der Waals surface area (Å²) in [5, 5.41) is 22.5. The minimum atomic E-state index is 0.332. The minimum absolute atomic E-state index is 0.332. The molecule has 0 N–H and O–H groups in total. The molecule has 75 heavy (non-hydrogen) atoms. The summed E-state index contributed by atoms with van der Waals surface area (Å²) in [5.41, 5.74) is 13.4. The third kappa shape index (κ3) is 5.65. The monoisotopic (exact) mass is 972 g/mol. The van der Waals surface area contributed by atoms with E-state index in [4.69, 9.17) is 8.83 Å². The molecule has 0 bridgehead atoms. The molecule has 0 aliphatic rings. The van der Waals surface area contributed by atoms with E-state index in [-0.39, 0.29) is 0 Å². The number of hydrogen-bond donors (Lipinski definition) is 0. The van der Waals surface area contributed by atoms with Crippen molar-refractivity contribution >= 4 is 125 Å². The molecule has 16 aromatic rings. The molecular weight excluding hydrogens is 937 g/mol. The first-order valence-corrected chi connectivity index (χ1v) is 25.7. The van der Waals surface area contributed by atoms with E-state index in [0.29, 0.717) is 39.4 Å². The fraction of sp³-hybridized carbons (Fsp3) is 0. The number of nitriles is 1. The van der Waals surface area contributed by atoms with Crippen LogP contribution in [0, 0.1) is 17.9 Å². The summed E-state index contributed by atoms with van der Waals surface area (Å²) in [7, 11) is 0. The number of aromatic nitrogens is 2. The van der Waals surface area contributed by atoms with Gasteiger partial charge in [0, 0.05) is 69.7 Å². The van der Waals surface area contributed by atoms with Crippen LogP contribution in [0.1, 0.15) is 5.56 Å². The molecule has 5 heterocycles. The smallest absolute Gasteiger partial charge is 0.220 e. The number of benzene rings is 11. The van der Waals surface area contributed by atoms with Gasteiger partial charge in [0.1, 0.15) is 17.2 Å². The summed E-state index contributed by atoms with van der Waals surface area (Å²) >= 11 is 1.77. The van der Waals surface area contributed by atoms with Gasteiger partial charge in [-0.15, -0.1) is 11.3 Å². The Balaban J connectivity index is 1.22. The summed E-state index contributed by atoms with van der Waals surface area (Å²) in [6.07, 6.45) is 0. The Bertz CT molecular complexity index is 5070. The second kappa shape index (κ2) is 15.7. The number of fused-ring (bicyclic) bond motifs is 18. The molecular formula is C68H36N4O2S. The Morgan fingerprint density at radius 2 is 0.947 bits per heavy atom. The third-order valence-corrected chi connectivity index (χ3v) is 16.6. The molecule has 0 spiro atoms. The summed E-state index contributed by atoms with van der Waals surface area (Å²) in [5.74, 6) is 0. The Labute approximate surface area is 431 Å². The number of thiophene rings is 1. The quantitative estimate of drug-likeness (QED) is 0.161. The van der Waals surface area contributed by atoms with Gasteiger partial charge in [0.05, 0.1) is 50.3 Å². The molecule has 7 heteroatoms. The Morgan fingerprint density at radius 3 is 1.56 bits per heavy atom. The number of rotatable bonds is 5. The van der Waals surface area contributed by atoms with Crippen LogP contribution in [0.3, 0.4) is 0 Å². The zero-order chi connectivity index (χ0) is 49.5. The molecule has 0 saturated carbocycles. The van der Waals surface area contributed by atoms with E-state index in [1.165, 1.54) is 10.1 Å². The van der Waals surface area contributed by atoms with Crippen LogP contribution in [-0.4, -0.2) is 9.13 Å². The van der Waals surface area contributed by atoms with Gasteiger partial charge < -0.3 is 18.0 Å². The van der Waals surface area contributed by atoms with E-state index in [1.807, 2.05) is 84.9 Å². The lowest BCUT2D eigenvalue weighted by Crippen LogP contribution is -2.09. The largest absolute Gasteiger partial charge is 0.454 e. The summed E-state index contributed by atoms with van der Waals surface area (Å²) < 4.78 is 21.0. The van der Waals surface area contributed by atoms with Gasteiger partial charge in [-0.05, 0) is 58.7 Å². The van der Waals surface area contributed by atoms with Gasteiger partial charge >= 0.3 is 0 Å². The average Bonchev–Trinajstić information content (AvgIpc) is 4.47. The molecule has 0 aliphatic carbocycles. The zero-order valence-corrected chi connectivity index (χ0v) is 40.6. The third-order valence-electron chi connectivity index (χ3n) is 15.4. The van der Waals surface area contributed by atoms with Crippen LogP contribution in [0.5, 0.6) is 0 Å². The number of para-hydroxylation sites is 2. The maximum Gasteiger partial charge on any atom is 0.220 e. The molecule has 0 saturated heterocycles. The lowest BCUT2D eigenvalue weighted by molar-refractivity contribution is 0.669. The van der Waals surface area contributed by atoms with Crippen LogP contribution in [0.2, 0.25) is 0 Å². The fourth-order valence-electron chi connectivity index (χ4n) is 12.3. The molecule has 0 fully saturated rings. The van der Waals surface area contributed by atoms with E-state index in [2.05, 4.69) is 154 Å². The fourth-order valence-corrected chi connectivity index (χ4v) is 13.6. The van der Waals surface area contributed by atoms with Crippen molar-refractivity contribution in [1.82, 2.24) is 9.13 Å². The predicted octanol–water partition coefficient (Wildman–Crippen LogP) is 19.5. The van der Waals surface area contributed by atoms with E-state index in [1.54, 1.807) is 11.3 Å². The van der Waals surface area contributed by atoms with Crippen LogP contribution in [-0.2, 0) is 0 Å². The van der Waals surface area contributed by atoms with Crippen molar-refractivity contribution < 1.29 is 8.83 Å². The zero-order valence-electron chi connectivity index (χ0n) is 39.8. The van der Waals surface area contributed by atoms with E-state index < -0.39 is 0 Å². The summed E-state index contributed by atoms with van der Waals surface area (Å²) in [4.78, 5) is 4.65. The van der Waals surface area contributed by atoms with Crippen molar-refractivity contribution in [1.29, 1.82) is 5.26 Å². The van der Waals surface area contributed by atoms with Gasteiger partial charge in [0.2, 0.25) is 5.69 Å². The van der Waals surface area contributed by atoms with Crippen molar-refractivity contribution in [2.45, 2.75) is 0 Å². The lowest BCUT2D eigenvalue weighted by Gasteiger charge is -2.26. The predicted molar refractivity (Wildman–Crippen MR) is 310 cm³/mol. The highest BCUT2D eigenvalue weighted by atomic mass is 32.1. The Kier molecular flexibility index (Phi) is 8.65. The number of furan rings is 2. The Hall–Kier alpha value is -10.2. The summed E-state index contributed by atoms with van der Waals surface area (Å²) in [6.45, 7) is 9.58. The van der Waals surface area contributed by atoms with Crippen LogP contribution < -0.4 is 0 Å². The van der Waals surface area contributed by atoms with Gasteiger partial charge in [0.15, 0.2) is 11.2 Å². The molecule has 11 aromatic carbocycles. The van der Waals surface area contributed by atoms with Gasteiger partial charge in [-0.25, -0.2) is 4.85 Å². The van der Waals surface area contributed by atoms with Crippen molar-refractivity contribution in [3.63, 3.8) is 0 Å². The van der Waals surface area contributed by atoms with Crippen molar-refractivity contribution in [3.05, 3.63) is 235 Å². The second-order valence-electron chi connectivity index (χ2n) is 19.2. The highest BCUT2D eigenvalue weighted by Gasteiger charge is 2.34. The van der Waals surface area contributed by atoms with Gasteiger partial charge in [0.25, 0.3) is 0 Å². The van der Waals surface area contributed by atoms with E-state index >= 15 is 0 Å². The molecule has 6 nitrogen and oxygen atoms in total. The van der Waals surface area contributed by atoms with Crippen molar-refractivity contribution in [2.24, 2.45) is 0 Å². The molecule has 0 unspecified atom stereocenters. The SMILES string of the molecule is [C-]#[N+]c1c(-c2ccccc2)c(C#N)c(-n2c3cccc(-c4ccccc4)c3c3ccc4c5ccccc5sc4c32)c(-c2ccccc2)c1-n1c2c(ccc3c4ccccc4oc32)c2ccc3c4ccccc4oc3c21. The first-order chi connectivity index (χ1) is 37.2. The van der Waals surface area contributed by atoms with Gasteiger partial charge in [-0.2, -0.15) is 5.26 Å². The highest BCUT2D eigenvalue weighted by Crippen LogP contribution is 2.55. The molecule has 0 aliphatic heterocycles. The average molecular weight is 973 g/mol. The normalized spacial score (nSPS) is 12.0. The van der Waals surface area contributed by atoms with Gasteiger partial charge in [-0.1, -0.05) is 182 Å². The van der Waals surface area contributed by atoms with Crippen molar-refractivity contribution in [3.8, 4) is 50.8 Å². The van der Waals surface area contributed by atoms with Crippen LogP contribution >= 0.6 is 11.3 Å². The molecule has 346 valence electrons. The molecule has 0 atom stereocenters. The minimum Gasteiger partial charge on any atom is -0.454 e. The topological polar surface area (TPSA) is 64.3 Å². The first-order valence-electron chi connectivity index (χ1n) is 24.9. The summed E-state index contributed by atoms with van der Waals surface area (Å²) in [6, 6.07) is 78.4. The Morgan fingerprint density at radius 1 is 0.427 bits per heavy atom. The van der Waals surface area contributed by atoms with Crippen molar-refractivity contribution in [2.75, 3.05) is 0 Å². The first kappa shape index (κ1) is 41.4. The number of hydrogen-bond acceptors (Lipinski definition) is 4. The van der Waals surface area contributed by atoms with Crippen LogP contribution in [0.4, 0.5) is 5.69 Å². The van der Waals surface area contributed by atoms with E-state index in [9.17, 15) is 11.8 Å². The second-order valence-corrected chi connectivity index (χ2v) is 20.2. The van der Waals surface area contributed by atoms with Gasteiger partial charge in [-0.3, -0.25) is 0 Å². The maximum absolute atomic E-state index is 12.3. The molecule has 5 aromatic heterocycles. The van der Waals surface area contributed by atoms with Crippen LogP contribution in [0.25, 0.3) is 157 Å². The van der Waals surface area contributed by atoms with Crippen LogP contribution in [0.15, 0.2) is 227 Å². The number of nitrogens with zero attached hydrogens (tertiary/aromatic N) is 4. The highest BCUT2D eigenvalue weighted by molar-refractivity contribution is 7.26.